The molecular weight excluding hydrogens is 444 g/mol. The SMILES string of the molecule is O=C(Cn1ccn2nc(-c3ccc(F)cc3)c(CO)c2c1=O)Nc1ccccc1C(F)(F)F. The van der Waals surface area contributed by atoms with E-state index in [0.29, 0.717) is 5.56 Å². The number of hydrogen-bond acceptors (Lipinski definition) is 4. The lowest BCUT2D eigenvalue weighted by Crippen LogP contribution is -2.29. The quantitative estimate of drug-likeness (QED) is 0.447. The number of aromatic nitrogens is 3. The molecule has 0 radical (unpaired) electrons. The third kappa shape index (κ3) is 4.35. The van der Waals surface area contributed by atoms with Crippen molar-refractivity contribution in [3.63, 3.8) is 0 Å². The second kappa shape index (κ2) is 8.51. The number of hydrogen-bond donors (Lipinski definition) is 2. The van der Waals surface area contributed by atoms with Crippen molar-refractivity contribution in [3.8, 4) is 11.3 Å². The first-order valence-corrected chi connectivity index (χ1v) is 9.62. The van der Waals surface area contributed by atoms with E-state index in [0.717, 1.165) is 16.7 Å². The molecule has 0 fully saturated rings. The molecule has 0 aliphatic heterocycles. The zero-order chi connectivity index (χ0) is 23.8. The molecule has 4 rings (SSSR count). The molecule has 2 aromatic heterocycles. The molecule has 170 valence electrons. The number of nitrogens with one attached hydrogen (secondary N) is 1. The number of halogens is 4. The molecule has 7 nitrogen and oxygen atoms in total. The van der Waals surface area contributed by atoms with Crippen molar-refractivity contribution < 1.29 is 27.5 Å². The fourth-order valence-electron chi connectivity index (χ4n) is 3.45. The number of amides is 1. The minimum atomic E-state index is -4.66. The average molecular weight is 460 g/mol. The van der Waals surface area contributed by atoms with Crippen molar-refractivity contribution in [2.45, 2.75) is 19.3 Å². The largest absolute Gasteiger partial charge is 0.418 e. The number of alkyl halides is 3. The highest BCUT2D eigenvalue weighted by atomic mass is 19.4. The molecule has 0 unspecified atom stereocenters. The van der Waals surface area contributed by atoms with Crippen LogP contribution < -0.4 is 10.9 Å². The minimum Gasteiger partial charge on any atom is -0.392 e. The Morgan fingerprint density at radius 2 is 1.76 bits per heavy atom. The van der Waals surface area contributed by atoms with Gasteiger partial charge >= 0.3 is 6.18 Å². The van der Waals surface area contributed by atoms with Gasteiger partial charge in [0.2, 0.25) is 5.91 Å². The van der Waals surface area contributed by atoms with E-state index in [-0.39, 0.29) is 16.8 Å². The highest BCUT2D eigenvalue weighted by molar-refractivity contribution is 5.91. The Bertz CT molecular complexity index is 1390. The molecule has 0 spiro atoms. The van der Waals surface area contributed by atoms with E-state index < -0.39 is 47.9 Å². The number of aliphatic hydroxyl groups is 1. The molecule has 0 saturated heterocycles. The molecule has 4 aromatic rings. The predicted molar refractivity (Wildman–Crippen MR) is 111 cm³/mol. The summed E-state index contributed by atoms with van der Waals surface area (Å²) in [5.74, 6) is -1.31. The summed E-state index contributed by atoms with van der Waals surface area (Å²) >= 11 is 0. The summed E-state index contributed by atoms with van der Waals surface area (Å²) in [6.45, 7) is -1.12. The third-order valence-corrected chi connectivity index (χ3v) is 4.96. The number of benzene rings is 2. The van der Waals surface area contributed by atoms with E-state index in [1.54, 1.807) is 0 Å². The summed E-state index contributed by atoms with van der Waals surface area (Å²) in [5.41, 5.74) is -1.23. The molecule has 33 heavy (non-hydrogen) atoms. The summed E-state index contributed by atoms with van der Waals surface area (Å²) in [5, 5.41) is 16.3. The Labute approximate surface area is 183 Å². The maximum absolute atomic E-state index is 13.2. The molecule has 0 aliphatic carbocycles. The van der Waals surface area contributed by atoms with Crippen LogP contribution in [-0.2, 0) is 24.1 Å². The second-order valence-electron chi connectivity index (χ2n) is 7.11. The van der Waals surface area contributed by atoms with Crippen LogP contribution in [0.15, 0.2) is 65.7 Å². The van der Waals surface area contributed by atoms with E-state index in [4.69, 9.17) is 0 Å². The third-order valence-electron chi connectivity index (χ3n) is 4.96. The molecule has 0 atom stereocenters. The Hall–Kier alpha value is -3.99. The molecule has 0 bridgehead atoms. The number of para-hydroxylation sites is 1. The second-order valence-corrected chi connectivity index (χ2v) is 7.11. The standard InChI is InChI=1S/C22H16F4N4O3/c23-14-7-5-13(6-8-14)19-15(12-31)20-21(33)29(9-10-30(20)28-19)11-18(32)27-17-4-2-1-3-16(17)22(24,25)26/h1-10,31H,11-12H2,(H,27,32). The highest BCUT2D eigenvalue weighted by Gasteiger charge is 2.33. The fourth-order valence-corrected chi connectivity index (χ4v) is 3.45. The lowest BCUT2D eigenvalue weighted by atomic mass is 10.1. The van der Waals surface area contributed by atoms with Crippen LogP contribution in [0.1, 0.15) is 11.1 Å². The molecule has 11 heteroatoms. The van der Waals surface area contributed by atoms with Gasteiger partial charge in [-0.05, 0) is 36.4 Å². The van der Waals surface area contributed by atoms with Crippen LogP contribution in [0.25, 0.3) is 16.8 Å². The first kappa shape index (κ1) is 22.2. The van der Waals surface area contributed by atoms with Crippen molar-refractivity contribution in [3.05, 3.63) is 88.2 Å². The topological polar surface area (TPSA) is 88.6 Å². The number of rotatable bonds is 5. The van der Waals surface area contributed by atoms with Gasteiger partial charge in [-0.15, -0.1) is 0 Å². The summed E-state index contributed by atoms with van der Waals surface area (Å²) in [6.07, 6.45) is -2.03. The van der Waals surface area contributed by atoms with E-state index in [1.807, 2.05) is 0 Å². The van der Waals surface area contributed by atoms with Crippen molar-refractivity contribution in [2.75, 3.05) is 5.32 Å². The highest BCUT2D eigenvalue weighted by Crippen LogP contribution is 2.34. The molecule has 0 aliphatic rings. The maximum atomic E-state index is 13.2. The molecule has 2 heterocycles. The van der Waals surface area contributed by atoms with E-state index in [1.165, 1.54) is 53.3 Å². The van der Waals surface area contributed by atoms with E-state index in [2.05, 4.69) is 10.4 Å². The summed E-state index contributed by atoms with van der Waals surface area (Å²) in [6, 6.07) is 9.81. The first-order chi connectivity index (χ1) is 15.7. The Morgan fingerprint density at radius 1 is 1.06 bits per heavy atom. The minimum absolute atomic E-state index is 0.0113. The number of carbonyl (C=O) groups excluding carboxylic acids is 1. The van der Waals surface area contributed by atoms with Gasteiger partial charge in [0.15, 0.2) is 0 Å². The van der Waals surface area contributed by atoms with Crippen molar-refractivity contribution >= 4 is 17.1 Å². The lowest BCUT2D eigenvalue weighted by molar-refractivity contribution is -0.137. The van der Waals surface area contributed by atoms with Crippen LogP contribution in [0.2, 0.25) is 0 Å². The van der Waals surface area contributed by atoms with Gasteiger partial charge < -0.3 is 15.0 Å². The normalized spacial score (nSPS) is 11.7. The molecule has 0 saturated carbocycles. The number of anilines is 1. The number of aliphatic hydroxyl groups excluding tert-OH is 1. The fraction of sp³-hybridized carbons (Fsp3) is 0.136. The van der Waals surface area contributed by atoms with E-state index in [9.17, 15) is 32.3 Å². The maximum Gasteiger partial charge on any atom is 0.418 e. The van der Waals surface area contributed by atoms with Crippen LogP contribution in [0.5, 0.6) is 0 Å². The van der Waals surface area contributed by atoms with Crippen LogP contribution >= 0.6 is 0 Å². The van der Waals surface area contributed by atoms with Crippen LogP contribution in [0, 0.1) is 5.82 Å². The predicted octanol–water partition coefficient (Wildman–Crippen LogP) is 3.45. The number of nitrogens with zero attached hydrogens (tertiary/aromatic N) is 3. The van der Waals surface area contributed by atoms with Crippen LogP contribution in [0.3, 0.4) is 0 Å². The van der Waals surface area contributed by atoms with Crippen LogP contribution in [0.4, 0.5) is 23.2 Å². The van der Waals surface area contributed by atoms with Gasteiger partial charge in [0.05, 0.1) is 23.6 Å². The monoisotopic (exact) mass is 460 g/mol. The number of fused-ring (bicyclic) bond motifs is 1. The summed E-state index contributed by atoms with van der Waals surface area (Å²) < 4.78 is 54.9. The smallest absolute Gasteiger partial charge is 0.392 e. The zero-order valence-electron chi connectivity index (χ0n) is 16.8. The van der Waals surface area contributed by atoms with E-state index >= 15 is 0 Å². The van der Waals surface area contributed by atoms with Crippen molar-refractivity contribution in [1.82, 2.24) is 14.2 Å². The molecule has 1 amide bonds. The molecular formula is C22H16F4N4O3. The number of carbonyl (C=O) groups is 1. The van der Waals surface area contributed by atoms with Crippen LogP contribution in [-0.4, -0.2) is 25.2 Å². The molecule has 2 aromatic carbocycles. The first-order valence-electron chi connectivity index (χ1n) is 9.62. The Kier molecular flexibility index (Phi) is 5.73. The van der Waals surface area contributed by atoms with Gasteiger partial charge in [-0.3, -0.25) is 9.59 Å². The van der Waals surface area contributed by atoms with Gasteiger partial charge in [-0.25, -0.2) is 8.91 Å². The Morgan fingerprint density at radius 3 is 2.42 bits per heavy atom. The van der Waals surface area contributed by atoms with Crippen molar-refractivity contribution in [2.24, 2.45) is 0 Å². The average Bonchev–Trinajstić information content (AvgIpc) is 3.15. The zero-order valence-corrected chi connectivity index (χ0v) is 16.8. The van der Waals surface area contributed by atoms with Gasteiger partial charge in [0.25, 0.3) is 5.56 Å². The van der Waals surface area contributed by atoms with Gasteiger partial charge in [-0.2, -0.15) is 18.3 Å². The molecule has 2 N–H and O–H groups in total. The Balaban J connectivity index is 1.67. The summed E-state index contributed by atoms with van der Waals surface area (Å²) in [7, 11) is 0. The summed E-state index contributed by atoms with van der Waals surface area (Å²) in [4.78, 5) is 25.4. The van der Waals surface area contributed by atoms with Gasteiger partial charge in [-0.1, -0.05) is 12.1 Å². The van der Waals surface area contributed by atoms with Crippen molar-refractivity contribution in [1.29, 1.82) is 0 Å². The van der Waals surface area contributed by atoms with Gasteiger partial charge in [0.1, 0.15) is 17.9 Å². The van der Waals surface area contributed by atoms with Gasteiger partial charge in [0, 0.05) is 23.5 Å². The lowest BCUT2D eigenvalue weighted by Gasteiger charge is -2.14.